The van der Waals surface area contributed by atoms with Crippen molar-refractivity contribution in [3.63, 3.8) is 0 Å². The number of likely N-dealkylation sites (tertiary alicyclic amines) is 1. The standard InChI is InChI=1S/C26H30N2O2/c1-2-24(30-25-15-9-13-20-10-5-6-14-23(20)25)26(29)27-18-21-11-3-4-12-22(21)19-28-16-7-8-17-28/h3-6,9-15,24H,2,7-8,16-19H2,1H3,(H,27,29)/t24-/m0/s1. The number of hydrogen-bond donors (Lipinski definition) is 1. The van der Waals surface area contributed by atoms with Gasteiger partial charge in [0, 0.05) is 18.5 Å². The highest BCUT2D eigenvalue weighted by Gasteiger charge is 2.20. The molecule has 4 heteroatoms. The fourth-order valence-electron chi connectivity index (χ4n) is 4.14. The molecule has 4 nitrogen and oxygen atoms in total. The fraction of sp³-hybridized carbons (Fsp3) is 0.346. The van der Waals surface area contributed by atoms with Crippen molar-refractivity contribution < 1.29 is 9.53 Å². The van der Waals surface area contributed by atoms with Gasteiger partial charge in [0.2, 0.25) is 0 Å². The average molecular weight is 403 g/mol. The molecule has 1 aliphatic rings. The lowest BCUT2D eigenvalue weighted by molar-refractivity contribution is -0.128. The summed E-state index contributed by atoms with van der Waals surface area (Å²) in [7, 11) is 0. The van der Waals surface area contributed by atoms with Gasteiger partial charge in [-0.1, -0.05) is 67.6 Å². The zero-order chi connectivity index (χ0) is 20.8. The minimum Gasteiger partial charge on any atom is -0.480 e. The zero-order valence-corrected chi connectivity index (χ0v) is 17.6. The molecular formula is C26H30N2O2. The summed E-state index contributed by atoms with van der Waals surface area (Å²) in [6, 6.07) is 22.4. The molecule has 1 saturated heterocycles. The molecule has 0 radical (unpaired) electrons. The molecule has 0 aliphatic carbocycles. The van der Waals surface area contributed by atoms with Gasteiger partial charge in [-0.3, -0.25) is 9.69 Å². The molecule has 1 fully saturated rings. The lowest BCUT2D eigenvalue weighted by atomic mass is 10.1. The Hall–Kier alpha value is -2.85. The van der Waals surface area contributed by atoms with Crippen molar-refractivity contribution in [1.29, 1.82) is 0 Å². The van der Waals surface area contributed by atoms with Crippen LogP contribution in [0.5, 0.6) is 5.75 Å². The van der Waals surface area contributed by atoms with Crippen LogP contribution in [0.3, 0.4) is 0 Å². The van der Waals surface area contributed by atoms with Gasteiger partial charge in [0.05, 0.1) is 0 Å². The largest absolute Gasteiger partial charge is 0.480 e. The van der Waals surface area contributed by atoms with E-state index in [0.717, 1.165) is 36.2 Å². The molecular weight excluding hydrogens is 372 g/mol. The molecule has 30 heavy (non-hydrogen) atoms. The van der Waals surface area contributed by atoms with Crippen molar-refractivity contribution in [2.75, 3.05) is 13.1 Å². The van der Waals surface area contributed by atoms with Gasteiger partial charge in [-0.2, -0.15) is 0 Å². The molecule has 156 valence electrons. The lowest BCUT2D eigenvalue weighted by Gasteiger charge is -2.20. The summed E-state index contributed by atoms with van der Waals surface area (Å²) < 4.78 is 6.14. The Bertz CT molecular complexity index is 990. The molecule has 1 N–H and O–H groups in total. The second kappa shape index (κ2) is 9.77. The van der Waals surface area contributed by atoms with E-state index in [2.05, 4.69) is 40.5 Å². The van der Waals surface area contributed by atoms with Crippen LogP contribution in [0.15, 0.2) is 66.7 Å². The van der Waals surface area contributed by atoms with Gasteiger partial charge in [-0.15, -0.1) is 0 Å². The van der Waals surface area contributed by atoms with Crippen molar-refractivity contribution in [3.8, 4) is 5.75 Å². The molecule has 1 aliphatic heterocycles. The predicted octanol–water partition coefficient (Wildman–Crippen LogP) is 4.91. The molecule has 1 amide bonds. The summed E-state index contributed by atoms with van der Waals surface area (Å²) >= 11 is 0. The molecule has 3 aromatic rings. The number of rotatable bonds is 8. The molecule has 4 rings (SSSR count). The number of nitrogens with zero attached hydrogens (tertiary/aromatic N) is 1. The Morgan fingerprint density at radius 1 is 0.967 bits per heavy atom. The molecule has 1 heterocycles. The van der Waals surface area contributed by atoms with Gasteiger partial charge in [0.15, 0.2) is 6.10 Å². The van der Waals surface area contributed by atoms with Crippen LogP contribution in [0.25, 0.3) is 10.8 Å². The molecule has 0 spiro atoms. The Morgan fingerprint density at radius 2 is 1.67 bits per heavy atom. The number of hydrogen-bond acceptors (Lipinski definition) is 3. The van der Waals surface area contributed by atoms with Crippen molar-refractivity contribution in [3.05, 3.63) is 77.9 Å². The highest BCUT2D eigenvalue weighted by molar-refractivity contribution is 5.89. The van der Waals surface area contributed by atoms with Crippen molar-refractivity contribution in [2.45, 2.75) is 45.4 Å². The van der Waals surface area contributed by atoms with Crippen LogP contribution in [0, 0.1) is 0 Å². The van der Waals surface area contributed by atoms with Gasteiger partial charge in [-0.25, -0.2) is 0 Å². The summed E-state index contributed by atoms with van der Waals surface area (Å²) in [4.78, 5) is 15.4. The quantitative estimate of drug-likeness (QED) is 0.582. The smallest absolute Gasteiger partial charge is 0.261 e. The maximum absolute atomic E-state index is 12.9. The summed E-state index contributed by atoms with van der Waals surface area (Å²) in [5.41, 5.74) is 2.47. The number of benzene rings is 3. The normalized spacial score (nSPS) is 15.2. The summed E-state index contributed by atoms with van der Waals surface area (Å²) in [5.74, 6) is 0.686. The number of ether oxygens (including phenoxy) is 1. The molecule has 3 aromatic carbocycles. The first kappa shape index (κ1) is 20.4. The minimum absolute atomic E-state index is 0.0681. The second-order valence-electron chi connectivity index (χ2n) is 7.96. The highest BCUT2D eigenvalue weighted by atomic mass is 16.5. The van der Waals surface area contributed by atoms with Crippen LogP contribution in [0.2, 0.25) is 0 Å². The third kappa shape index (κ3) is 4.82. The maximum atomic E-state index is 12.9. The second-order valence-corrected chi connectivity index (χ2v) is 7.96. The zero-order valence-electron chi connectivity index (χ0n) is 17.6. The van der Waals surface area contributed by atoms with Crippen molar-refractivity contribution >= 4 is 16.7 Å². The first-order valence-electron chi connectivity index (χ1n) is 11.0. The van der Waals surface area contributed by atoms with E-state index in [1.165, 1.54) is 24.0 Å². The van der Waals surface area contributed by atoms with E-state index in [1.807, 2.05) is 43.3 Å². The van der Waals surface area contributed by atoms with Crippen LogP contribution >= 0.6 is 0 Å². The van der Waals surface area contributed by atoms with Crippen LogP contribution in [-0.2, 0) is 17.9 Å². The number of carbonyl (C=O) groups is 1. The van der Waals surface area contributed by atoms with Gasteiger partial charge in [0.1, 0.15) is 5.75 Å². The number of nitrogens with one attached hydrogen (secondary N) is 1. The molecule has 0 aromatic heterocycles. The number of fused-ring (bicyclic) bond motifs is 1. The van der Waals surface area contributed by atoms with E-state index in [4.69, 9.17) is 4.74 Å². The van der Waals surface area contributed by atoms with E-state index < -0.39 is 6.10 Å². The van der Waals surface area contributed by atoms with Gasteiger partial charge < -0.3 is 10.1 Å². The molecule has 1 atom stereocenters. The van der Waals surface area contributed by atoms with Gasteiger partial charge in [-0.05, 0) is 54.9 Å². The number of carbonyl (C=O) groups excluding carboxylic acids is 1. The summed E-state index contributed by atoms with van der Waals surface area (Å²) in [6.07, 6.45) is 2.66. The molecule has 0 saturated carbocycles. The lowest BCUT2D eigenvalue weighted by Crippen LogP contribution is -2.37. The van der Waals surface area contributed by atoms with E-state index in [0.29, 0.717) is 13.0 Å². The van der Waals surface area contributed by atoms with Crippen molar-refractivity contribution in [1.82, 2.24) is 10.2 Å². The third-order valence-electron chi connectivity index (χ3n) is 5.85. The average Bonchev–Trinajstić information content (AvgIpc) is 3.30. The van der Waals surface area contributed by atoms with Crippen molar-refractivity contribution in [2.24, 2.45) is 0 Å². The van der Waals surface area contributed by atoms with E-state index in [-0.39, 0.29) is 5.91 Å². The first-order valence-corrected chi connectivity index (χ1v) is 11.0. The minimum atomic E-state index is -0.512. The fourth-order valence-corrected chi connectivity index (χ4v) is 4.14. The van der Waals surface area contributed by atoms with Crippen LogP contribution in [0.4, 0.5) is 0 Å². The predicted molar refractivity (Wildman–Crippen MR) is 121 cm³/mol. The SMILES string of the molecule is CC[C@H](Oc1cccc2ccccc12)C(=O)NCc1ccccc1CN1CCCC1. The maximum Gasteiger partial charge on any atom is 0.261 e. The van der Waals surface area contributed by atoms with Gasteiger partial charge >= 0.3 is 0 Å². The third-order valence-corrected chi connectivity index (χ3v) is 5.85. The first-order chi connectivity index (χ1) is 14.7. The molecule has 0 unspecified atom stereocenters. The summed E-state index contributed by atoms with van der Waals surface area (Å²) in [5, 5.41) is 5.24. The Balaban J connectivity index is 1.41. The van der Waals surface area contributed by atoms with Gasteiger partial charge in [0.25, 0.3) is 5.91 Å². The Kier molecular flexibility index (Phi) is 6.65. The topological polar surface area (TPSA) is 41.6 Å². The Morgan fingerprint density at radius 3 is 2.47 bits per heavy atom. The van der Waals surface area contributed by atoms with Crippen LogP contribution in [-0.4, -0.2) is 30.0 Å². The highest BCUT2D eigenvalue weighted by Crippen LogP contribution is 2.26. The van der Waals surface area contributed by atoms with Crippen LogP contribution < -0.4 is 10.1 Å². The van der Waals surface area contributed by atoms with E-state index >= 15 is 0 Å². The monoisotopic (exact) mass is 402 g/mol. The van der Waals surface area contributed by atoms with Crippen LogP contribution in [0.1, 0.15) is 37.3 Å². The van der Waals surface area contributed by atoms with E-state index in [9.17, 15) is 4.79 Å². The molecule has 0 bridgehead atoms. The van der Waals surface area contributed by atoms with E-state index in [1.54, 1.807) is 0 Å². The Labute approximate surface area is 178 Å². The summed E-state index contributed by atoms with van der Waals surface area (Å²) in [6.45, 7) is 5.79. The number of amides is 1.